The van der Waals surface area contributed by atoms with Crippen LogP contribution in [0.15, 0.2) is 60.1 Å². The normalized spacial score (nSPS) is 15.0. The van der Waals surface area contributed by atoms with Gasteiger partial charge in [-0.25, -0.2) is 4.98 Å². The van der Waals surface area contributed by atoms with Crippen LogP contribution in [0, 0.1) is 0 Å². The first-order valence-electron chi connectivity index (χ1n) is 9.05. The van der Waals surface area contributed by atoms with Crippen molar-refractivity contribution in [2.75, 3.05) is 31.1 Å². The zero-order valence-electron chi connectivity index (χ0n) is 15.0. The van der Waals surface area contributed by atoms with Crippen molar-refractivity contribution in [3.8, 4) is 10.4 Å². The second-order valence-electron chi connectivity index (χ2n) is 6.71. The Kier molecular flexibility index (Phi) is 5.18. The highest BCUT2D eigenvalue weighted by atomic mass is 32.1. The van der Waals surface area contributed by atoms with Crippen LogP contribution >= 0.6 is 11.3 Å². The molecule has 2 N–H and O–H groups in total. The van der Waals surface area contributed by atoms with Gasteiger partial charge in [-0.05, 0) is 34.7 Å². The summed E-state index contributed by atoms with van der Waals surface area (Å²) in [7, 11) is 0. The van der Waals surface area contributed by atoms with E-state index in [2.05, 4.69) is 56.6 Å². The molecule has 1 aromatic carbocycles. The van der Waals surface area contributed by atoms with Crippen LogP contribution in [0.5, 0.6) is 0 Å². The number of aromatic nitrogens is 1. The van der Waals surface area contributed by atoms with Crippen molar-refractivity contribution in [2.24, 2.45) is 5.73 Å². The number of thiophene rings is 1. The molecule has 0 atom stereocenters. The van der Waals surface area contributed by atoms with E-state index in [1.54, 1.807) is 23.6 Å². The monoisotopic (exact) mass is 378 g/mol. The van der Waals surface area contributed by atoms with Gasteiger partial charge in [0, 0.05) is 43.8 Å². The second kappa shape index (κ2) is 7.90. The number of carbonyl (C=O) groups excluding carboxylic acids is 1. The summed E-state index contributed by atoms with van der Waals surface area (Å²) in [5, 5.41) is 2.11. The van der Waals surface area contributed by atoms with E-state index in [0.717, 1.165) is 38.5 Å². The number of carbonyl (C=O) groups is 1. The largest absolute Gasteiger partial charge is 0.366 e. The Morgan fingerprint density at radius 3 is 2.41 bits per heavy atom. The van der Waals surface area contributed by atoms with Crippen LogP contribution in [-0.4, -0.2) is 42.0 Å². The first kappa shape index (κ1) is 17.7. The van der Waals surface area contributed by atoms with E-state index in [-0.39, 0.29) is 0 Å². The lowest BCUT2D eigenvalue weighted by molar-refractivity contribution is 0.1000. The molecule has 6 heteroatoms. The number of nitrogens with zero attached hydrogens (tertiary/aromatic N) is 3. The molecule has 138 valence electrons. The Balaban J connectivity index is 1.32. The van der Waals surface area contributed by atoms with E-state index in [9.17, 15) is 4.79 Å². The molecular formula is C21H22N4OS. The number of nitrogens with two attached hydrogens (primary N) is 1. The highest BCUT2D eigenvalue weighted by molar-refractivity contribution is 7.13. The molecule has 0 saturated carbocycles. The topological polar surface area (TPSA) is 62.5 Å². The lowest BCUT2D eigenvalue weighted by Gasteiger charge is -2.35. The van der Waals surface area contributed by atoms with Crippen molar-refractivity contribution in [3.05, 3.63) is 71.2 Å². The van der Waals surface area contributed by atoms with Crippen LogP contribution < -0.4 is 10.6 Å². The number of anilines is 1. The van der Waals surface area contributed by atoms with Crippen molar-refractivity contribution < 1.29 is 4.79 Å². The summed E-state index contributed by atoms with van der Waals surface area (Å²) in [5.74, 6) is 0.462. The summed E-state index contributed by atoms with van der Waals surface area (Å²) in [4.78, 5) is 21.6. The van der Waals surface area contributed by atoms with E-state index >= 15 is 0 Å². The molecule has 0 unspecified atom stereocenters. The molecule has 1 saturated heterocycles. The zero-order valence-corrected chi connectivity index (χ0v) is 15.9. The predicted octanol–water partition coefficient (Wildman–Crippen LogP) is 3.23. The molecule has 0 aliphatic carbocycles. The third-order valence-electron chi connectivity index (χ3n) is 4.89. The molecule has 3 aromatic rings. The van der Waals surface area contributed by atoms with Crippen LogP contribution in [0.2, 0.25) is 0 Å². The minimum absolute atomic E-state index is 0.441. The van der Waals surface area contributed by atoms with Crippen molar-refractivity contribution in [3.63, 3.8) is 0 Å². The molecule has 3 heterocycles. The maximum Gasteiger partial charge on any atom is 0.250 e. The van der Waals surface area contributed by atoms with E-state index in [0.29, 0.717) is 5.56 Å². The molecule has 27 heavy (non-hydrogen) atoms. The summed E-state index contributed by atoms with van der Waals surface area (Å²) in [5.41, 5.74) is 8.34. The fourth-order valence-corrected chi connectivity index (χ4v) is 4.06. The Morgan fingerprint density at radius 2 is 1.81 bits per heavy atom. The van der Waals surface area contributed by atoms with Gasteiger partial charge in [0.1, 0.15) is 5.82 Å². The van der Waals surface area contributed by atoms with Gasteiger partial charge in [-0.2, -0.15) is 0 Å². The van der Waals surface area contributed by atoms with Gasteiger partial charge >= 0.3 is 0 Å². The second-order valence-corrected chi connectivity index (χ2v) is 7.65. The zero-order chi connectivity index (χ0) is 18.6. The van der Waals surface area contributed by atoms with Gasteiger partial charge in [0.15, 0.2) is 0 Å². The molecule has 1 amide bonds. The molecule has 1 aliphatic heterocycles. The van der Waals surface area contributed by atoms with Gasteiger partial charge in [0.05, 0.1) is 5.56 Å². The highest BCUT2D eigenvalue weighted by Gasteiger charge is 2.18. The predicted molar refractivity (Wildman–Crippen MR) is 110 cm³/mol. The lowest BCUT2D eigenvalue weighted by Crippen LogP contribution is -2.46. The number of piperazine rings is 1. The van der Waals surface area contributed by atoms with Gasteiger partial charge in [-0.1, -0.05) is 30.3 Å². The molecule has 5 nitrogen and oxygen atoms in total. The molecule has 2 aromatic heterocycles. The first-order chi connectivity index (χ1) is 13.2. The number of primary amides is 1. The van der Waals surface area contributed by atoms with E-state index in [1.807, 2.05) is 6.07 Å². The van der Waals surface area contributed by atoms with Gasteiger partial charge in [0.25, 0.3) is 0 Å². The summed E-state index contributed by atoms with van der Waals surface area (Å²) >= 11 is 1.77. The number of pyridine rings is 1. The standard InChI is InChI=1S/C21H22N4OS/c22-21(26)18-7-8-20(23-14-18)25-11-9-24(10-12-25)15-16-3-5-17(6-4-16)19-2-1-13-27-19/h1-8,13-14H,9-12,15H2,(H2,22,26). The minimum atomic E-state index is -0.441. The van der Waals surface area contributed by atoms with E-state index < -0.39 is 5.91 Å². The van der Waals surface area contributed by atoms with Crippen LogP contribution in [0.3, 0.4) is 0 Å². The Morgan fingerprint density at radius 1 is 1.04 bits per heavy atom. The Labute approximate surface area is 163 Å². The number of amides is 1. The minimum Gasteiger partial charge on any atom is -0.366 e. The summed E-state index contributed by atoms with van der Waals surface area (Å²) in [6, 6.07) is 16.7. The van der Waals surface area contributed by atoms with Crippen LogP contribution in [0.4, 0.5) is 5.82 Å². The average Bonchev–Trinajstić information content (AvgIpc) is 3.24. The molecule has 1 aliphatic rings. The Hall–Kier alpha value is -2.70. The number of hydrogen-bond donors (Lipinski definition) is 1. The van der Waals surface area contributed by atoms with E-state index in [1.165, 1.54) is 16.0 Å². The van der Waals surface area contributed by atoms with Crippen molar-refractivity contribution in [1.29, 1.82) is 0 Å². The lowest BCUT2D eigenvalue weighted by atomic mass is 10.1. The highest BCUT2D eigenvalue weighted by Crippen LogP contribution is 2.25. The van der Waals surface area contributed by atoms with Crippen LogP contribution in [0.25, 0.3) is 10.4 Å². The number of rotatable bonds is 5. The fourth-order valence-electron chi connectivity index (χ4n) is 3.33. The van der Waals surface area contributed by atoms with Gasteiger partial charge in [0.2, 0.25) is 5.91 Å². The van der Waals surface area contributed by atoms with Crippen LogP contribution in [0.1, 0.15) is 15.9 Å². The molecule has 0 bridgehead atoms. The fraction of sp³-hybridized carbons (Fsp3) is 0.238. The van der Waals surface area contributed by atoms with Crippen molar-refractivity contribution in [1.82, 2.24) is 9.88 Å². The van der Waals surface area contributed by atoms with Crippen molar-refractivity contribution in [2.45, 2.75) is 6.54 Å². The van der Waals surface area contributed by atoms with Gasteiger partial charge < -0.3 is 10.6 Å². The summed E-state index contributed by atoms with van der Waals surface area (Å²) < 4.78 is 0. The molecular weight excluding hydrogens is 356 g/mol. The Bertz CT molecular complexity index is 883. The summed E-state index contributed by atoms with van der Waals surface area (Å²) in [6.07, 6.45) is 1.55. The quantitative estimate of drug-likeness (QED) is 0.740. The number of benzene rings is 1. The number of hydrogen-bond acceptors (Lipinski definition) is 5. The third-order valence-corrected chi connectivity index (χ3v) is 5.81. The van der Waals surface area contributed by atoms with Crippen LogP contribution in [-0.2, 0) is 6.54 Å². The van der Waals surface area contributed by atoms with E-state index in [4.69, 9.17) is 5.73 Å². The average molecular weight is 379 g/mol. The SMILES string of the molecule is NC(=O)c1ccc(N2CCN(Cc3ccc(-c4cccs4)cc3)CC2)nc1. The molecule has 4 rings (SSSR count). The maximum atomic E-state index is 11.2. The van der Waals surface area contributed by atoms with Crippen molar-refractivity contribution >= 4 is 23.1 Å². The first-order valence-corrected chi connectivity index (χ1v) is 9.93. The third kappa shape index (κ3) is 4.18. The van der Waals surface area contributed by atoms with Gasteiger partial charge in [-0.3, -0.25) is 9.69 Å². The molecule has 1 fully saturated rings. The van der Waals surface area contributed by atoms with Gasteiger partial charge in [-0.15, -0.1) is 11.3 Å². The molecule has 0 radical (unpaired) electrons. The summed E-state index contributed by atoms with van der Waals surface area (Å²) in [6.45, 7) is 4.80. The smallest absolute Gasteiger partial charge is 0.250 e. The molecule has 0 spiro atoms. The maximum absolute atomic E-state index is 11.2.